The third-order valence-corrected chi connectivity index (χ3v) is 4.31. The standard InChI is InChI=1S/C13H21N3S/c1-9(2)7-17-8-12-15-11-6-4-3-5-10(11)13(14)16-12/h9H,3-8H2,1-2H3,(H2,14,15,16). The van der Waals surface area contributed by atoms with Gasteiger partial charge in [-0.2, -0.15) is 11.8 Å². The van der Waals surface area contributed by atoms with Crippen LogP contribution in [0.1, 0.15) is 43.8 Å². The highest BCUT2D eigenvalue weighted by Gasteiger charge is 2.15. The van der Waals surface area contributed by atoms with Gasteiger partial charge in [-0.3, -0.25) is 0 Å². The van der Waals surface area contributed by atoms with Crippen LogP contribution in [0.25, 0.3) is 0 Å². The van der Waals surface area contributed by atoms with E-state index < -0.39 is 0 Å². The maximum absolute atomic E-state index is 6.01. The highest BCUT2D eigenvalue weighted by Crippen LogP contribution is 2.24. The summed E-state index contributed by atoms with van der Waals surface area (Å²) in [5, 5.41) is 0. The van der Waals surface area contributed by atoms with E-state index >= 15 is 0 Å². The van der Waals surface area contributed by atoms with E-state index in [1.165, 1.54) is 24.1 Å². The average molecular weight is 251 g/mol. The van der Waals surface area contributed by atoms with Crippen LogP contribution in [-0.4, -0.2) is 15.7 Å². The molecule has 0 radical (unpaired) electrons. The predicted molar refractivity (Wildman–Crippen MR) is 74.1 cm³/mol. The van der Waals surface area contributed by atoms with E-state index in [4.69, 9.17) is 5.73 Å². The molecule has 0 atom stereocenters. The maximum Gasteiger partial charge on any atom is 0.140 e. The van der Waals surface area contributed by atoms with Crippen molar-refractivity contribution in [1.82, 2.24) is 9.97 Å². The molecular weight excluding hydrogens is 230 g/mol. The Kier molecular flexibility index (Phi) is 4.26. The van der Waals surface area contributed by atoms with Crippen molar-refractivity contribution in [2.24, 2.45) is 5.92 Å². The van der Waals surface area contributed by atoms with Gasteiger partial charge in [-0.15, -0.1) is 0 Å². The molecule has 3 nitrogen and oxygen atoms in total. The molecule has 0 bridgehead atoms. The Labute approximate surface area is 108 Å². The summed E-state index contributed by atoms with van der Waals surface area (Å²) in [5.41, 5.74) is 8.41. The lowest BCUT2D eigenvalue weighted by molar-refractivity contribution is 0.660. The number of aryl methyl sites for hydroxylation is 1. The average Bonchev–Trinajstić information content (AvgIpc) is 2.28. The largest absolute Gasteiger partial charge is 0.383 e. The predicted octanol–water partition coefficient (Wildman–Crippen LogP) is 2.83. The molecule has 4 heteroatoms. The molecule has 0 spiro atoms. The second kappa shape index (κ2) is 5.71. The summed E-state index contributed by atoms with van der Waals surface area (Å²) in [4.78, 5) is 9.09. The van der Waals surface area contributed by atoms with Gasteiger partial charge >= 0.3 is 0 Å². The number of nitrogen functional groups attached to an aromatic ring is 1. The highest BCUT2D eigenvalue weighted by molar-refractivity contribution is 7.98. The summed E-state index contributed by atoms with van der Waals surface area (Å²) in [6.07, 6.45) is 4.59. The summed E-state index contributed by atoms with van der Waals surface area (Å²) in [6, 6.07) is 0. The van der Waals surface area contributed by atoms with Gasteiger partial charge in [-0.05, 0) is 37.4 Å². The molecule has 0 aromatic carbocycles. The number of anilines is 1. The Morgan fingerprint density at radius 1 is 1.24 bits per heavy atom. The van der Waals surface area contributed by atoms with Crippen LogP contribution in [0.2, 0.25) is 0 Å². The number of fused-ring (bicyclic) bond motifs is 1. The molecule has 1 aromatic rings. The van der Waals surface area contributed by atoms with Gasteiger partial charge in [0.25, 0.3) is 0 Å². The van der Waals surface area contributed by atoms with Crippen LogP contribution in [0.4, 0.5) is 5.82 Å². The number of nitrogens with two attached hydrogens (primary N) is 1. The second-order valence-electron chi connectivity index (χ2n) is 5.07. The second-order valence-corrected chi connectivity index (χ2v) is 6.10. The van der Waals surface area contributed by atoms with Crippen LogP contribution >= 0.6 is 11.8 Å². The van der Waals surface area contributed by atoms with Gasteiger partial charge in [-0.25, -0.2) is 9.97 Å². The van der Waals surface area contributed by atoms with Gasteiger partial charge in [-0.1, -0.05) is 13.8 Å². The topological polar surface area (TPSA) is 51.8 Å². The molecule has 0 fully saturated rings. The van der Waals surface area contributed by atoms with Crippen molar-refractivity contribution in [1.29, 1.82) is 0 Å². The number of rotatable bonds is 4. The van der Waals surface area contributed by atoms with Crippen molar-refractivity contribution in [2.75, 3.05) is 11.5 Å². The molecule has 2 rings (SSSR count). The number of aromatic nitrogens is 2. The minimum Gasteiger partial charge on any atom is -0.383 e. The molecule has 0 saturated carbocycles. The maximum atomic E-state index is 6.01. The van der Waals surface area contributed by atoms with Gasteiger partial charge in [0.2, 0.25) is 0 Å². The first-order valence-electron chi connectivity index (χ1n) is 6.38. The van der Waals surface area contributed by atoms with E-state index in [2.05, 4.69) is 23.8 Å². The van der Waals surface area contributed by atoms with E-state index in [0.717, 1.165) is 41.9 Å². The first kappa shape index (κ1) is 12.7. The Hall–Kier alpha value is -0.770. The van der Waals surface area contributed by atoms with Crippen molar-refractivity contribution >= 4 is 17.6 Å². The molecule has 0 saturated heterocycles. The van der Waals surface area contributed by atoms with Crippen molar-refractivity contribution in [3.63, 3.8) is 0 Å². The first-order valence-corrected chi connectivity index (χ1v) is 7.54. The normalized spacial score (nSPS) is 15.0. The van der Waals surface area contributed by atoms with Crippen molar-refractivity contribution < 1.29 is 0 Å². The zero-order valence-corrected chi connectivity index (χ0v) is 11.5. The molecule has 94 valence electrons. The third kappa shape index (κ3) is 3.35. The zero-order valence-electron chi connectivity index (χ0n) is 10.7. The van der Waals surface area contributed by atoms with E-state index in [1.807, 2.05) is 11.8 Å². The van der Waals surface area contributed by atoms with Crippen LogP contribution < -0.4 is 5.73 Å². The Balaban J connectivity index is 2.06. The molecule has 0 aliphatic heterocycles. The first-order chi connectivity index (χ1) is 8.16. The molecule has 1 aromatic heterocycles. The van der Waals surface area contributed by atoms with Crippen LogP contribution in [0, 0.1) is 5.92 Å². The third-order valence-electron chi connectivity index (χ3n) is 2.94. The smallest absolute Gasteiger partial charge is 0.140 e. The summed E-state index contributed by atoms with van der Waals surface area (Å²) in [6.45, 7) is 4.46. The van der Waals surface area contributed by atoms with E-state index in [9.17, 15) is 0 Å². The van der Waals surface area contributed by atoms with Gasteiger partial charge < -0.3 is 5.73 Å². The Morgan fingerprint density at radius 2 is 2.00 bits per heavy atom. The van der Waals surface area contributed by atoms with Crippen molar-refractivity contribution in [2.45, 2.75) is 45.3 Å². The molecule has 0 unspecified atom stereocenters. The fourth-order valence-electron chi connectivity index (χ4n) is 2.13. The molecule has 17 heavy (non-hydrogen) atoms. The van der Waals surface area contributed by atoms with Gasteiger partial charge in [0, 0.05) is 11.3 Å². The summed E-state index contributed by atoms with van der Waals surface area (Å²) in [7, 11) is 0. The lowest BCUT2D eigenvalue weighted by atomic mass is 9.96. The van der Waals surface area contributed by atoms with Crippen LogP contribution in [0.15, 0.2) is 0 Å². The van der Waals surface area contributed by atoms with E-state index in [1.54, 1.807) is 0 Å². The number of hydrogen-bond donors (Lipinski definition) is 1. The minimum absolute atomic E-state index is 0.717. The van der Waals surface area contributed by atoms with E-state index in [-0.39, 0.29) is 0 Å². The zero-order chi connectivity index (χ0) is 12.3. The molecule has 1 heterocycles. The van der Waals surface area contributed by atoms with Gasteiger partial charge in [0.05, 0.1) is 5.75 Å². The Morgan fingerprint density at radius 3 is 2.76 bits per heavy atom. The fraction of sp³-hybridized carbons (Fsp3) is 0.692. The molecule has 2 N–H and O–H groups in total. The molecule has 1 aliphatic rings. The van der Waals surface area contributed by atoms with Gasteiger partial charge in [0.15, 0.2) is 0 Å². The quantitative estimate of drug-likeness (QED) is 0.894. The summed E-state index contributed by atoms with van der Waals surface area (Å²) >= 11 is 1.89. The fourth-order valence-corrected chi connectivity index (χ4v) is 3.03. The molecule has 0 amide bonds. The SMILES string of the molecule is CC(C)CSCc1nc(N)c2c(n1)CCCC2. The van der Waals surface area contributed by atoms with Crippen LogP contribution in [-0.2, 0) is 18.6 Å². The number of hydrogen-bond acceptors (Lipinski definition) is 4. The lowest BCUT2D eigenvalue weighted by Gasteiger charge is -2.17. The Bertz CT molecular complexity index is 390. The molecule has 1 aliphatic carbocycles. The highest BCUT2D eigenvalue weighted by atomic mass is 32.2. The van der Waals surface area contributed by atoms with Gasteiger partial charge in [0.1, 0.15) is 11.6 Å². The number of nitrogens with zero attached hydrogens (tertiary/aromatic N) is 2. The van der Waals surface area contributed by atoms with Crippen LogP contribution in [0.3, 0.4) is 0 Å². The lowest BCUT2D eigenvalue weighted by Crippen LogP contribution is -2.13. The van der Waals surface area contributed by atoms with Crippen molar-refractivity contribution in [3.05, 3.63) is 17.1 Å². The minimum atomic E-state index is 0.717. The van der Waals surface area contributed by atoms with Crippen LogP contribution in [0.5, 0.6) is 0 Å². The van der Waals surface area contributed by atoms with Crippen molar-refractivity contribution in [3.8, 4) is 0 Å². The number of thioether (sulfide) groups is 1. The monoisotopic (exact) mass is 251 g/mol. The molecular formula is C13H21N3S. The summed E-state index contributed by atoms with van der Waals surface area (Å²) in [5.74, 6) is 4.38. The summed E-state index contributed by atoms with van der Waals surface area (Å²) < 4.78 is 0. The van der Waals surface area contributed by atoms with E-state index in [0.29, 0.717) is 0 Å².